The van der Waals surface area contributed by atoms with Crippen molar-refractivity contribution in [2.75, 3.05) is 7.11 Å². The highest BCUT2D eigenvalue weighted by Gasteiger charge is 2.23. The summed E-state index contributed by atoms with van der Waals surface area (Å²) in [5.41, 5.74) is 5.67. The molecule has 0 spiro atoms. The number of carbonyl (C=O) groups is 4. The van der Waals surface area contributed by atoms with Gasteiger partial charge in [-0.3, -0.25) is 9.59 Å². The minimum absolute atomic E-state index is 0.0635. The highest BCUT2D eigenvalue weighted by Crippen LogP contribution is 2.23. The Balaban J connectivity index is 3.09. The lowest BCUT2D eigenvalue weighted by Gasteiger charge is -2.22. The molecule has 1 aromatic carbocycles. The van der Waals surface area contributed by atoms with E-state index in [4.69, 9.17) is 15.2 Å². The molecule has 2 amide bonds. The number of primary amides is 1. The maximum absolute atomic E-state index is 12.0. The van der Waals surface area contributed by atoms with E-state index in [2.05, 4.69) is 10.1 Å². The number of alkyl carbamates (subject to hydrolysis) is 1. The molecule has 0 aliphatic rings. The summed E-state index contributed by atoms with van der Waals surface area (Å²) >= 11 is 0. The van der Waals surface area contributed by atoms with Crippen LogP contribution in [-0.4, -0.2) is 42.7 Å². The molecule has 0 bridgehead atoms. The summed E-state index contributed by atoms with van der Waals surface area (Å²) in [6.45, 7) is 6.33. The predicted octanol–water partition coefficient (Wildman–Crippen LogP) is 1.72. The molecule has 9 heteroatoms. The largest absolute Gasteiger partial charge is 0.466 e. The maximum Gasteiger partial charge on any atom is 0.408 e. The number of methoxy groups -OCH3 is 1. The zero-order valence-corrected chi connectivity index (χ0v) is 17.1. The number of ether oxygens (including phenoxy) is 3. The molecule has 1 aromatic rings. The monoisotopic (exact) mass is 406 g/mol. The molecule has 0 saturated carbocycles. The SMILES string of the molecule is COC(=O)C=Cc1cc(C[C@H](NC(=O)OC(C)(C)C)C(N)=O)ccc1OC(C)=O. The third-order valence-corrected chi connectivity index (χ3v) is 3.40. The zero-order chi connectivity index (χ0) is 22.2. The predicted molar refractivity (Wildman–Crippen MR) is 105 cm³/mol. The molecule has 0 aliphatic heterocycles. The average molecular weight is 406 g/mol. The third-order valence-electron chi connectivity index (χ3n) is 3.40. The summed E-state index contributed by atoms with van der Waals surface area (Å²) in [4.78, 5) is 46.4. The molecule has 0 fully saturated rings. The number of rotatable bonds is 7. The summed E-state index contributed by atoms with van der Waals surface area (Å²) in [6.07, 6.45) is 1.86. The number of hydrogen-bond donors (Lipinski definition) is 2. The van der Waals surface area contributed by atoms with E-state index in [1.807, 2.05) is 0 Å². The summed E-state index contributed by atoms with van der Waals surface area (Å²) in [7, 11) is 1.23. The summed E-state index contributed by atoms with van der Waals surface area (Å²) in [6, 6.07) is 3.70. The molecular weight excluding hydrogens is 380 g/mol. The number of carbonyl (C=O) groups excluding carboxylic acids is 4. The van der Waals surface area contributed by atoms with Crippen molar-refractivity contribution in [3.8, 4) is 5.75 Å². The van der Waals surface area contributed by atoms with Crippen LogP contribution >= 0.6 is 0 Å². The zero-order valence-electron chi connectivity index (χ0n) is 17.1. The second-order valence-corrected chi connectivity index (χ2v) is 7.13. The van der Waals surface area contributed by atoms with Gasteiger partial charge in [0.1, 0.15) is 17.4 Å². The van der Waals surface area contributed by atoms with Gasteiger partial charge in [0.15, 0.2) is 0 Å². The van der Waals surface area contributed by atoms with E-state index in [0.29, 0.717) is 11.1 Å². The van der Waals surface area contributed by atoms with Crippen LogP contribution in [0.2, 0.25) is 0 Å². The Kier molecular flexibility index (Phi) is 8.38. The Morgan fingerprint density at radius 1 is 1.21 bits per heavy atom. The first-order valence-electron chi connectivity index (χ1n) is 8.77. The first kappa shape index (κ1) is 23.7. The van der Waals surface area contributed by atoms with Crippen molar-refractivity contribution in [2.24, 2.45) is 5.73 Å². The van der Waals surface area contributed by atoms with Crippen LogP contribution in [0.25, 0.3) is 6.08 Å². The van der Waals surface area contributed by atoms with Gasteiger partial charge < -0.3 is 25.3 Å². The molecular formula is C20H26N2O7. The maximum atomic E-state index is 12.0. The van der Waals surface area contributed by atoms with E-state index in [9.17, 15) is 19.2 Å². The quantitative estimate of drug-likeness (QED) is 0.400. The molecule has 0 saturated heterocycles. The molecule has 0 aromatic heterocycles. The second kappa shape index (κ2) is 10.3. The van der Waals surface area contributed by atoms with E-state index in [1.54, 1.807) is 32.9 Å². The van der Waals surface area contributed by atoms with Gasteiger partial charge in [0, 0.05) is 25.0 Å². The highest BCUT2D eigenvalue weighted by atomic mass is 16.6. The molecule has 0 heterocycles. The Hall–Kier alpha value is -3.36. The van der Waals surface area contributed by atoms with Crippen LogP contribution in [0.4, 0.5) is 4.79 Å². The Labute approximate surface area is 169 Å². The second-order valence-electron chi connectivity index (χ2n) is 7.13. The standard InChI is InChI=1S/C20H26N2O7/c1-12(23)28-16-8-6-13(10-14(16)7-9-17(24)27-5)11-15(18(21)25)22-19(26)29-20(2,3)4/h6-10,15H,11H2,1-5H3,(H2,21,25)(H,22,26)/t15-/m0/s1. The number of nitrogens with two attached hydrogens (primary N) is 1. The molecule has 9 nitrogen and oxygen atoms in total. The fraction of sp³-hybridized carbons (Fsp3) is 0.400. The Morgan fingerprint density at radius 2 is 1.86 bits per heavy atom. The summed E-state index contributed by atoms with van der Waals surface area (Å²) < 4.78 is 14.8. The normalized spacial score (nSPS) is 12.2. The van der Waals surface area contributed by atoms with E-state index in [0.717, 1.165) is 6.08 Å². The molecule has 1 rings (SSSR count). The van der Waals surface area contributed by atoms with Gasteiger partial charge in [-0.05, 0) is 44.5 Å². The van der Waals surface area contributed by atoms with Crippen molar-refractivity contribution in [1.82, 2.24) is 5.32 Å². The van der Waals surface area contributed by atoms with Crippen LogP contribution in [0.5, 0.6) is 5.75 Å². The molecule has 0 radical (unpaired) electrons. The number of nitrogens with one attached hydrogen (secondary N) is 1. The topological polar surface area (TPSA) is 134 Å². The number of benzene rings is 1. The van der Waals surface area contributed by atoms with Crippen LogP contribution in [-0.2, 0) is 30.3 Å². The van der Waals surface area contributed by atoms with Crippen LogP contribution in [0.1, 0.15) is 38.8 Å². The smallest absolute Gasteiger partial charge is 0.408 e. The Bertz CT molecular complexity index is 810. The molecule has 1 atom stereocenters. The number of amides is 2. The van der Waals surface area contributed by atoms with Crippen LogP contribution in [0, 0.1) is 0 Å². The van der Waals surface area contributed by atoms with Crippen molar-refractivity contribution in [1.29, 1.82) is 0 Å². The molecule has 0 unspecified atom stereocenters. The number of hydrogen-bond acceptors (Lipinski definition) is 7. The van der Waals surface area contributed by atoms with Gasteiger partial charge in [-0.1, -0.05) is 6.07 Å². The van der Waals surface area contributed by atoms with Gasteiger partial charge in [0.05, 0.1) is 7.11 Å². The minimum Gasteiger partial charge on any atom is -0.466 e. The molecule has 158 valence electrons. The van der Waals surface area contributed by atoms with Crippen LogP contribution in [0.15, 0.2) is 24.3 Å². The van der Waals surface area contributed by atoms with Crippen molar-refractivity contribution >= 4 is 30.0 Å². The van der Waals surface area contributed by atoms with E-state index in [1.165, 1.54) is 26.2 Å². The van der Waals surface area contributed by atoms with Crippen LogP contribution < -0.4 is 15.8 Å². The van der Waals surface area contributed by atoms with Gasteiger partial charge in [0.2, 0.25) is 5.91 Å². The van der Waals surface area contributed by atoms with Crippen molar-refractivity contribution in [3.05, 3.63) is 35.4 Å². The lowest BCUT2D eigenvalue weighted by atomic mass is 10.0. The van der Waals surface area contributed by atoms with Gasteiger partial charge >= 0.3 is 18.0 Å². The molecule has 3 N–H and O–H groups in total. The molecule has 29 heavy (non-hydrogen) atoms. The summed E-state index contributed by atoms with van der Waals surface area (Å²) in [5, 5.41) is 2.43. The highest BCUT2D eigenvalue weighted by molar-refractivity contribution is 5.88. The van der Waals surface area contributed by atoms with Gasteiger partial charge in [0.25, 0.3) is 0 Å². The Morgan fingerprint density at radius 3 is 2.38 bits per heavy atom. The fourth-order valence-electron chi connectivity index (χ4n) is 2.24. The fourth-order valence-corrected chi connectivity index (χ4v) is 2.24. The van der Waals surface area contributed by atoms with Crippen molar-refractivity contribution < 1.29 is 33.4 Å². The third kappa shape index (κ3) is 8.91. The van der Waals surface area contributed by atoms with Crippen LogP contribution in [0.3, 0.4) is 0 Å². The lowest BCUT2D eigenvalue weighted by molar-refractivity contribution is -0.135. The van der Waals surface area contributed by atoms with Gasteiger partial charge in [-0.15, -0.1) is 0 Å². The average Bonchev–Trinajstić information content (AvgIpc) is 2.58. The van der Waals surface area contributed by atoms with E-state index >= 15 is 0 Å². The van der Waals surface area contributed by atoms with Crippen molar-refractivity contribution in [3.63, 3.8) is 0 Å². The van der Waals surface area contributed by atoms with Gasteiger partial charge in [-0.2, -0.15) is 0 Å². The minimum atomic E-state index is -1.03. The number of esters is 2. The molecule has 0 aliphatic carbocycles. The van der Waals surface area contributed by atoms with Crippen molar-refractivity contribution in [2.45, 2.75) is 45.8 Å². The van der Waals surface area contributed by atoms with E-state index < -0.39 is 35.6 Å². The first-order chi connectivity index (χ1) is 13.4. The summed E-state index contributed by atoms with van der Waals surface area (Å²) in [5.74, 6) is -1.65. The van der Waals surface area contributed by atoms with E-state index in [-0.39, 0.29) is 12.2 Å². The lowest BCUT2D eigenvalue weighted by Crippen LogP contribution is -2.47. The van der Waals surface area contributed by atoms with Gasteiger partial charge in [-0.25, -0.2) is 9.59 Å². The first-order valence-corrected chi connectivity index (χ1v) is 8.77.